The third-order valence-electron chi connectivity index (χ3n) is 2.46. The van der Waals surface area contributed by atoms with Gasteiger partial charge >= 0.3 is 0 Å². The van der Waals surface area contributed by atoms with E-state index in [1.165, 1.54) is 25.9 Å². The zero-order valence-corrected chi connectivity index (χ0v) is 8.87. The maximum atomic E-state index is 8.48. The Labute approximate surface area is 86.2 Å². The first-order chi connectivity index (χ1) is 6.93. The van der Waals surface area contributed by atoms with Crippen molar-refractivity contribution in [2.45, 2.75) is 12.8 Å². The van der Waals surface area contributed by atoms with Gasteiger partial charge in [-0.3, -0.25) is 0 Å². The first-order valence-corrected chi connectivity index (χ1v) is 5.55. The lowest BCUT2D eigenvalue weighted by atomic mass is 10.4. The van der Waals surface area contributed by atoms with E-state index in [1.54, 1.807) is 0 Å². The Kier molecular flexibility index (Phi) is 6.95. The molecule has 0 saturated carbocycles. The second kappa shape index (κ2) is 8.17. The molecule has 4 nitrogen and oxygen atoms in total. The van der Waals surface area contributed by atoms with Crippen molar-refractivity contribution >= 4 is 0 Å². The first kappa shape index (κ1) is 11.9. The van der Waals surface area contributed by atoms with Gasteiger partial charge in [-0.05, 0) is 25.9 Å². The molecule has 0 radical (unpaired) electrons. The van der Waals surface area contributed by atoms with Gasteiger partial charge in [0.2, 0.25) is 0 Å². The van der Waals surface area contributed by atoms with Gasteiger partial charge in [0, 0.05) is 19.6 Å². The minimum atomic E-state index is 0.319. The molecule has 0 spiro atoms. The summed E-state index contributed by atoms with van der Waals surface area (Å²) in [6, 6.07) is 0. The molecule has 0 amide bonds. The van der Waals surface area contributed by atoms with Crippen LogP contribution in [0.5, 0.6) is 0 Å². The summed E-state index contributed by atoms with van der Waals surface area (Å²) < 4.78 is 5.01. The molecule has 2 aliphatic rings. The number of likely N-dealkylation sites (tertiary alicyclic amines) is 1. The number of β-amino-alcohol motifs (C(OH)–C–C–N with tert-alkyl or cyclic N) is 1. The number of aliphatic hydroxyl groups is 1. The zero-order valence-electron chi connectivity index (χ0n) is 8.87. The summed E-state index contributed by atoms with van der Waals surface area (Å²) in [5.41, 5.74) is 0. The molecule has 2 N–H and O–H groups in total. The highest BCUT2D eigenvalue weighted by Crippen LogP contribution is 2.05. The molecule has 84 valence electrons. The highest BCUT2D eigenvalue weighted by atomic mass is 16.5. The Bertz CT molecular complexity index is 112. The molecular formula is C10H22N2O2. The molecule has 0 bridgehead atoms. The highest BCUT2D eigenvalue weighted by molar-refractivity contribution is 4.64. The van der Waals surface area contributed by atoms with Crippen LogP contribution in [0.15, 0.2) is 0 Å². The lowest BCUT2D eigenvalue weighted by Gasteiger charge is -2.10. The fourth-order valence-electron chi connectivity index (χ4n) is 1.66. The van der Waals surface area contributed by atoms with Gasteiger partial charge in [0.1, 0.15) is 0 Å². The summed E-state index contributed by atoms with van der Waals surface area (Å²) in [7, 11) is 0. The van der Waals surface area contributed by atoms with E-state index in [2.05, 4.69) is 10.2 Å². The van der Waals surface area contributed by atoms with Crippen LogP contribution < -0.4 is 5.32 Å². The molecule has 0 aromatic rings. The second-order valence-electron chi connectivity index (χ2n) is 3.63. The maximum Gasteiger partial charge on any atom is 0.0591 e. The molecular weight excluding hydrogens is 180 g/mol. The summed E-state index contributed by atoms with van der Waals surface area (Å²) in [6.45, 7) is 7.42. The number of morpholine rings is 1. The first-order valence-electron chi connectivity index (χ1n) is 5.55. The van der Waals surface area contributed by atoms with Crippen LogP contribution in [0.1, 0.15) is 12.8 Å². The minimum absolute atomic E-state index is 0.319. The van der Waals surface area contributed by atoms with Gasteiger partial charge in [-0.2, -0.15) is 0 Å². The molecule has 2 aliphatic heterocycles. The van der Waals surface area contributed by atoms with Gasteiger partial charge in [0.25, 0.3) is 0 Å². The molecule has 14 heavy (non-hydrogen) atoms. The van der Waals surface area contributed by atoms with E-state index in [-0.39, 0.29) is 0 Å². The Morgan fingerprint density at radius 3 is 2.14 bits per heavy atom. The number of aliphatic hydroxyl groups excluding tert-OH is 1. The Hall–Kier alpha value is -0.160. The van der Waals surface area contributed by atoms with Crippen molar-refractivity contribution in [3.8, 4) is 0 Å². The Morgan fingerprint density at radius 1 is 1.14 bits per heavy atom. The molecule has 0 aromatic heterocycles. The molecule has 2 saturated heterocycles. The van der Waals surface area contributed by atoms with E-state index in [0.29, 0.717) is 6.61 Å². The van der Waals surface area contributed by atoms with Crippen LogP contribution in [0, 0.1) is 0 Å². The van der Waals surface area contributed by atoms with Crippen molar-refractivity contribution in [2.75, 3.05) is 52.5 Å². The van der Waals surface area contributed by atoms with Gasteiger partial charge in [-0.25, -0.2) is 0 Å². The fourth-order valence-corrected chi connectivity index (χ4v) is 1.66. The Balaban J connectivity index is 0.000000146. The topological polar surface area (TPSA) is 44.7 Å². The predicted octanol–water partition coefficient (Wildman–Crippen LogP) is -0.319. The van der Waals surface area contributed by atoms with Crippen LogP contribution in [0.25, 0.3) is 0 Å². The van der Waals surface area contributed by atoms with Crippen LogP contribution in [0.4, 0.5) is 0 Å². The summed E-state index contributed by atoms with van der Waals surface area (Å²) in [5.74, 6) is 0. The number of rotatable bonds is 2. The average molecular weight is 202 g/mol. The molecule has 0 unspecified atom stereocenters. The number of hydrogen-bond donors (Lipinski definition) is 2. The van der Waals surface area contributed by atoms with Crippen molar-refractivity contribution in [1.29, 1.82) is 0 Å². The molecule has 2 rings (SSSR count). The van der Waals surface area contributed by atoms with Gasteiger partial charge < -0.3 is 20.1 Å². The smallest absolute Gasteiger partial charge is 0.0591 e. The third-order valence-corrected chi connectivity index (χ3v) is 2.46. The van der Waals surface area contributed by atoms with Gasteiger partial charge in [0.15, 0.2) is 0 Å². The summed E-state index contributed by atoms with van der Waals surface area (Å²) in [4.78, 5) is 2.29. The number of hydrogen-bond acceptors (Lipinski definition) is 4. The number of nitrogens with one attached hydrogen (secondary N) is 1. The number of ether oxygens (including phenoxy) is 1. The van der Waals surface area contributed by atoms with E-state index in [0.717, 1.165) is 32.8 Å². The van der Waals surface area contributed by atoms with E-state index in [4.69, 9.17) is 9.84 Å². The van der Waals surface area contributed by atoms with Crippen molar-refractivity contribution in [1.82, 2.24) is 10.2 Å². The fraction of sp³-hybridized carbons (Fsp3) is 1.00. The maximum absolute atomic E-state index is 8.48. The second-order valence-corrected chi connectivity index (χ2v) is 3.63. The third kappa shape index (κ3) is 5.54. The van der Waals surface area contributed by atoms with E-state index in [9.17, 15) is 0 Å². The van der Waals surface area contributed by atoms with Crippen LogP contribution in [0.2, 0.25) is 0 Å². The van der Waals surface area contributed by atoms with Crippen LogP contribution >= 0.6 is 0 Å². The largest absolute Gasteiger partial charge is 0.395 e. The number of nitrogens with zero attached hydrogens (tertiary/aromatic N) is 1. The summed E-state index contributed by atoms with van der Waals surface area (Å²) in [6.07, 6.45) is 2.64. The molecule has 4 heteroatoms. The normalized spacial score (nSPS) is 22.9. The predicted molar refractivity (Wildman–Crippen MR) is 56.4 cm³/mol. The van der Waals surface area contributed by atoms with Crippen molar-refractivity contribution < 1.29 is 9.84 Å². The molecule has 0 aliphatic carbocycles. The summed E-state index contributed by atoms with van der Waals surface area (Å²) in [5, 5.41) is 11.6. The van der Waals surface area contributed by atoms with E-state index >= 15 is 0 Å². The standard InChI is InChI=1S/C6H13NO.C4H9NO/c8-6-5-7-3-1-2-4-7;1-3-6-4-2-5-1/h8H,1-6H2;5H,1-4H2. The van der Waals surface area contributed by atoms with Gasteiger partial charge in [0.05, 0.1) is 19.8 Å². The quantitative estimate of drug-likeness (QED) is 0.644. The Morgan fingerprint density at radius 2 is 1.79 bits per heavy atom. The monoisotopic (exact) mass is 202 g/mol. The molecule has 2 fully saturated rings. The van der Waals surface area contributed by atoms with Crippen LogP contribution in [0.3, 0.4) is 0 Å². The lowest BCUT2D eigenvalue weighted by molar-refractivity contribution is 0.109. The minimum Gasteiger partial charge on any atom is -0.395 e. The van der Waals surface area contributed by atoms with E-state index in [1.807, 2.05) is 0 Å². The van der Waals surface area contributed by atoms with Crippen molar-refractivity contribution in [3.63, 3.8) is 0 Å². The highest BCUT2D eigenvalue weighted by Gasteiger charge is 2.08. The van der Waals surface area contributed by atoms with Crippen molar-refractivity contribution in [2.24, 2.45) is 0 Å². The van der Waals surface area contributed by atoms with Crippen molar-refractivity contribution in [3.05, 3.63) is 0 Å². The van der Waals surface area contributed by atoms with Gasteiger partial charge in [-0.15, -0.1) is 0 Å². The van der Waals surface area contributed by atoms with Crippen LogP contribution in [-0.2, 0) is 4.74 Å². The molecule has 0 aromatic carbocycles. The lowest BCUT2D eigenvalue weighted by Crippen LogP contribution is -2.30. The van der Waals surface area contributed by atoms with Crippen LogP contribution in [-0.4, -0.2) is 62.6 Å². The average Bonchev–Trinajstić information content (AvgIpc) is 2.75. The van der Waals surface area contributed by atoms with Gasteiger partial charge in [-0.1, -0.05) is 0 Å². The molecule has 2 heterocycles. The zero-order chi connectivity index (χ0) is 10.1. The molecule has 0 atom stereocenters. The van der Waals surface area contributed by atoms with E-state index < -0.39 is 0 Å². The SMILES string of the molecule is C1COCCN1.OCCN1CCCC1. The summed E-state index contributed by atoms with van der Waals surface area (Å²) >= 11 is 0.